The number of carbonyl (C=O) groups is 2. The Hall–Kier alpha value is -1.49. The summed E-state index contributed by atoms with van der Waals surface area (Å²) in [7, 11) is 0. The highest BCUT2D eigenvalue weighted by Gasteiger charge is 2.07. The van der Waals surface area contributed by atoms with Gasteiger partial charge in [-0.15, -0.1) is 0 Å². The molecule has 0 aliphatic rings. The van der Waals surface area contributed by atoms with Crippen molar-refractivity contribution >= 4 is 23.7 Å². The molecule has 0 fully saturated rings. The first-order valence-corrected chi connectivity index (χ1v) is 7.37. The van der Waals surface area contributed by atoms with Crippen molar-refractivity contribution in [1.29, 1.82) is 0 Å². The third-order valence-electron chi connectivity index (χ3n) is 2.68. The number of aryl methyl sites for hydroxylation is 1. The number of amides is 3. The highest BCUT2D eigenvalue weighted by Crippen LogP contribution is 2.17. The molecule has 104 valence electrons. The van der Waals surface area contributed by atoms with Crippen LogP contribution >= 0.6 is 11.8 Å². The van der Waals surface area contributed by atoms with E-state index in [1.54, 1.807) is 11.8 Å². The Morgan fingerprint density at radius 2 is 2.00 bits per heavy atom. The van der Waals surface area contributed by atoms with E-state index in [9.17, 15) is 9.59 Å². The van der Waals surface area contributed by atoms with E-state index in [0.717, 1.165) is 12.8 Å². The number of carbonyl (C=O) groups excluding carboxylic acids is 2. The number of rotatable bonds is 7. The van der Waals surface area contributed by atoms with Gasteiger partial charge in [-0.2, -0.15) is 11.8 Å². The smallest absolute Gasteiger partial charge is 0.318 e. The number of nitrogens with two attached hydrogens (primary N) is 1. The van der Waals surface area contributed by atoms with Crippen LogP contribution < -0.4 is 11.1 Å². The Bertz CT molecular complexity index is 409. The number of benzene rings is 1. The summed E-state index contributed by atoms with van der Waals surface area (Å²) < 4.78 is 0. The Kier molecular flexibility index (Phi) is 7.03. The summed E-state index contributed by atoms with van der Waals surface area (Å²) in [5, 5.41) is 2.55. The third kappa shape index (κ3) is 7.51. The maximum absolute atomic E-state index is 11.2. The second-order valence-electron chi connectivity index (χ2n) is 4.37. The van der Waals surface area contributed by atoms with Crippen LogP contribution in [0.4, 0.5) is 4.79 Å². The van der Waals surface area contributed by atoms with Crippen LogP contribution in [-0.4, -0.2) is 22.9 Å². The molecule has 0 aliphatic carbocycles. The molecule has 1 aromatic rings. The molecular weight excluding hydrogens is 260 g/mol. The fraction of sp³-hybridized carbons (Fsp3) is 0.429. The molecule has 0 heterocycles. The maximum atomic E-state index is 11.2. The van der Waals surface area contributed by atoms with Crippen LogP contribution in [0.15, 0.2) is 30.3 Å². The van der Waals surface area contributed by atoms with E-state index in [4.69, 9.17) is 5.73 Å². The van der Waals surface area contributed by atoms with Gasteiger partial charge >= 0.3 is 6.03 Å². The van der Waals surface area contributed by atoms with E-state index in [2.05, 4.69) is 24.4 Å². The van der Waals surface area contributed by atoms with Crippen LogP contribution in [0.5, 0.6) is 0 Å². The Balaban J connectivity index is 2.13. The number of hydrogen-bond donors (Lipinski definition) is 2. The average Bonchev–Trinajstić information content (AvgIpc) is 2.36. The van der Waals surface area contributed by atoms with Gasteiger partial charge in [-0.05, 0) is 18.4 Å². The predicted molar refractivity (Wildman–Crippen MR) is 79.0 cm³/mol. The fourth-order valence-corrected chi connectivity index (χ4v) is 2.64. The van der Waals surface area contributed by atoms with Crippen LogP contribution in [-0.2, 0) is 11.2 Å². The molecule has 0 radical (unpaired) electrons. The van der Waals surface area contributed by atoms with Gasteiger partial charge in [0.05, 0.1) is 0 Å². The molecule has 5 heteroatoms. The summed E-state index contributed by atoms with van der Waals surface area (Å²) >= 11 is 1.74. The number of thioether (sulfide) groups is 1. The minimum absolute atomic E-state index is 0.310. The lowest BCUT2D eigenvalue weighted by Crippen LogP contribution is -2.35. The number of primary amides is 1. The van der Waals surface area contributed by atoms with Crippen molar-refractivity contribution in [3.63, 3.8) is 0 Å². The molecule has 1 aromatic carbocycles. The van der Waals surface area contributed by atoms with Crippen LogP contribution in [0.25, 0.3) is 0 Å². The second-order valence-corrected chi connectivity index (χ2v) is 5.91. The first-order valence-electron chi connectivity index (χ1n) is 6.32. The van der Waals surface area contributed by atoms with Crippen molar-refractivity contribution < 1.29 is 9.59 Å². The maximum Gasteiger partial charge on any atom is 0.318 e. The Morgan fingerprint density at radius 3 is 2.63 bits per heavy atom. The summed E-state index contributed by atoms with van der Waals surface area (Å²) in [5.74, 6) is 0.393. The molecule has 0 saturated carbocycles. The molecule has 0 aliphatic heterocycles. The Morgan fingerprint density at radius 1 is 1.32 bits per heavy atom. The lowest BCUT2D eigenvalue weighted by atomic mass is 10.1. The van der Waals surface area contributed by atoms with Gasteiger partial charge in [0.25, 0.3) is 0 Å². The molecular formula is C14H20N2O2S. The molecule has 0 saturated heterocycles. The Labute approximate surface area is 118 Å². The summed E-state index contributed by atoms with van der Waals surface area (Å²) in [5.41, 5.74) is 6.19. The van der Waals surface area contributed by atoms with Gasteiger partial charge < -0.3 is 5.73 Å². The van der Waals surface area contributed by atoms with E-state index in [1.165, 1.54) is 5.56 Å². The van der Waals surface area contributed by atoms with Crippen molar-refractivity contribution in [2.24, 2.45) is 5.73 Å². The minimum Gasteiger partial charge on any atom is -0.351 e. The molecule has 1 atom stereocenters. The largest absolute Gasteiger partial charge is 0.351 e. The molecule has 1 rings (SSSR count). The summed E-state index contributed by atoms with van der Waals surface area (Å²) in [6.07, 6.45) is 2.44. The molecule has 0 unspecified atom stereocenters. The van der Waals surface area contributed by atoms with Crippen LogP contribution in [0.1, 0.15) is 25.3 Å². The molecule has 3 amide bonds. The molecule has 0 aromatic heterocycles. The van der Waals surface area contributed by atoms with Crippen LogP contribution in [0.3, 0.4) is 0 Å². The van der Waals surface area contributed by atoms with Crippen molar-refractivity contribution in [3.8, 4) is 0 Å². The van der Waals surface area contributed by atoms with Gasteiger partial charge in [-0.3, -0.25) is 10.1 Å². The zero-order valence-corrected chi connectivity index (χ0v) is 11.9. The predicted octanol–water partition coefficient (Wildman–Crippen LogP) is 2.33. The highest BCUT2D eigenvalue weighted by molar-refractivity contribution is 7.99. The van der Waals surface area contributed by atoms with E-state index in [0.29, 0.717) is 17.4 Å². The second kappa shape index (κ2) is 8.58. The van der Waals surface area contributed by atoms with Crippen molar-refractivity contribution in [3.05, 3.63) is 35.9 Å². The van der Waals surface area contributed by atoms with E-state index in [-0.39, 0.29) is 5.91 Å². The average molecular weight is 280 g/mol. The summed E-state index contributed by atoms with van der Waals surface area (Å²) in [4.78, 5) is 21.6. The zero-order valence-electron chi connectivity index (χ0n) is 11.1. The fourth-order valence-electron chi connectivity index (χ4n) is 1.65. The minimum atomic E-state index is -0.785. The number of hydrogen-bond acceptors (Lipinski definition) is 3. The van der Waals surface area contributed by atoms with Crippen LogP contribution in [0, 0.1) is 0 Å². The first-order chi connectivity index (χ1) is 9.08. The van der Waals surface area contributed by atoms with Crippen molar-refractivity contribution in [1.82, 2.24) is 5.32 Å². The van der Waals surface area contributed by atoms with Gasteiger partial charge in [0.2, 0.25) is 5.91 Å². The molecule has 3 N–H and O–H groups in total. The quantitative estimate of drug-likeness (QED) is 0.805. The third-order valence-corrected chi connectivity index (χ3v) is 3.92. The van der Waals surface area contributed by atoms with Gasteiger partial charge in [-0.1, -0.05) is 37.3 Å². The van der Waals surface area contributed by atoms with E-state index in [1.807, 2.05) is 18.2 Å². The lowest BCUT2D eigenvalue weighted by Gasteiger charge is -2.10. The van der Waals surface area contributed by atoms with Gasteiger partial charge in [0.1, 0.15) is 0 Å². The van der Waals surface area contributed by atoms with E-state index >= 15 is 0 Å². The van der Waals surface area contributed by atoms with Gasteiger partial charge in [0.15, 0.2) is 0 Å². The summed E-state index contributed by atoms with van der Waals surface area (Å²) in [6.45, 7) is 2.15. The molecule has 4 nitrogen and oxygen atoms in total. The van der Waals surface area contributed by atoms with Gasteiger partial charge in [-0.25, -0.2) is 4.79 Å². The van der Waals surface area contributed by atoms with Crippen molar-refractivity contribution in [2.45, 2.75) is 31.4 Å². The van der Waals surface area contributed by atoms with Crippen LogP contribution in [0.2, 0.25) is 0 Å². The number of imide groups is 1. The standard InChI is InChI=1S/C14H20N2O2S/c1-11(7-8-12-5-3-2-4-6-12)19-10-9-13(17)16-14(15)18/h2-6,11H,7-10H2,1H3,(H3,15,16,17,18)/t11-/m1/s1. The number of urea groups is 1. The zero-order chi connectivity index (χ0) is 14.1. The monoisotopic (exact) mass is 280 g/mol. The highest BCUT2D eigenvalue weighted by atomic mass is 32.2. The number of nitrogens with one attached hydrogen (secondary N) is 1. The topological polar surface area (TPSA) is 72.2 Å². The van der Waals surface area contributed by atoms with Gasteiger partial charge in [0, 0.05) is 17.4 Å². The molecule has 19 heavy (non-hydrogen) atoms. The van der Waals surface area contributed by atoms with E-state index < -0.39 is 6.03 Å². The molecule has 0 spiro atoms. The lowest BCUT2D eigenvalue weighted by molar-refractivity contribution is -0.119. The molecule has 0 bridgehead atoms. The normalized spacial score (nSPS) is 11.8. The SMILES string of the molecule is C[C@H](CCc1ccccc1)SCCC(=O)NC(N)=O. The first kappa shape index (κ1) is 15.6. The summed E-state index contributed by atoms with van der Waals surface area (Å²) in [6, 6.07) is 9.56. The van der Waals surface area contributed by atoms with Crippen molar-refractivity contribution in [2.75, 3.05) is 5.75 Å².